The van der Waals surface area contributed by atoms with E-state index < -0.39 is 0 Å². The van der Waals surface area contributed by atoms with Crippen molar-refractivity contribution < 1.29 is 18.7 Å². The van der Waals surface area contributed by atoms with Crippen molar-refractivity contribution in [1.29, 1.82) is 0 Å². The second-order valence-electron chi connectivity index (χ2n) is 6.43. The van der Waals surface area contributed by atoms with E-state index in [-0.39, 0.29) is 11.7 Å². The Balaban J connectivity index is 1.46. The summed E-state index contributed by atoms with van der Waals surface area (Å²) < 4.78 is 22.4. The van der Waals surface area contributed by atoms with Gasteiger partial charge in [-0.3, -0.25) is 0 Å². The quantitative estimate of drug-likeness (QED) is 0.838. The molecule has 0 N–H and O–H groups in total. The number of methoxy groups -OCH3 is 1. The summed E-state index contributed by atoms with van der Waals surface area (Å²) in [6.45, 7) is 1.55. The van der Waals surface area contributed by atoms with Gasteiger partial charge >= 0.3 is 0 Å². The number of nitrogens with zero attached hydrogens (tertiary/aromatic N) is 2. The van der Waals surface area contributed by atoms with Crippen molar-refractivity contribution >= 4 is 0 Å². The van der Waals surface area contributed by atoms with E-state index in [1.54, 1.807) is 7.11 Å². The molecular weight excluding hydrogens is 308 g/mol. The Kier molecular flexibility index (Phi) is 4.24. The first kappa shape index (κ1) is 15.6. The lowest BCUT2D eigenvalue weighted by Gasteiger charge is -2.37. The zero-order chi connectivity index (χ0) is 16.4. The summed E-state index contributed by atoms with van der Waals surface area (Å²) in [5.41, 5.74) is 0.534. The molecule has 1 aliphatic heterocycles. The number of benzene rings is 1. The molecule has 0 spiro atoms. The molecule has 24 heavy (non-hydrogen) atoms. The lowest BCUT2D eigenvalue weighted by atomic mass is 9.79. The minimum atomic E-state index is -0.353. The number of ether oxygens (including phenoxy) is 3. The predicted molar refractivity (Wildman–Crippen MR) is 86.7 cm³/mol. The third-order valence-corrected chi connectivity index (χ3v) is 4.96. The molecule has 0 amide bonds. The Labute approximate surface area is 141 Å². The van der Waals surface area contributed by atoms with Crippen LogP contribution in [-0.2, 0) is 15.1 Å². The molecule has 0 bridgehead atoms. The highest BCUT2D eigenvalue weighted by Gasteiger charge is 2.43. The minimum Gasteiger partial charge on any atom is -0.490 e. The van der Waals surface area contributed by atoms with Crippen molar-refractivity contribution in [3.8, 4) is 17.2 Å². The Morgan fingerprint density at radius 2 is 1.88 bits per heavy atom. The van der Waals surface area contributed by atoms with Crippen LogP contribution in [-0.4, -0.2) is 36.6 Å². The summed E-state index contributed by atoms with van der Waals surface area (Å²) in [6, 6.07) is 7.80. The fraction of sp³-hybridized carbons (Fsp3) is 0.556. The van der Waals surface area contributed by atoms with Gasteiger partial charge in [0.1, 0.15) is 17.5 Å². The van der Waals surface area contributed by atoms with Gasteiger partial charge in [0.25, 0.3) is 5.89 Å². The van der Waals surface area contributed by atoms with Crippen molar-refractivity contribution in [2.24, 2.45) is 0 Å². The van der Waals surface area contributed by atoms with Crippen LogP contribution in [0.2, 0.25) is 0 Å². The first-order chi connectivity index (χ1) is 11.8. The van der Waals surface area contributed by atoms with E-state index in [0.717, 1.165) is 56.6 Å². The van der Waals surface area contributed by atoms with Crippen LogP contribution in [0.3, 0.4) is 0 Å². The van der Waals surface area contributed by atoms with Gasteiger partial charge in [-0.1, -0.05) is 5.16 Å². The summed E-state index contributed by atoms with van der Waals surface area (Å²) >= 11 is 0. The molecule has 2 aliphatic rings. The predicted octanol–water partition coefficient (Wildman–Crippen LogP) is 3.32. The van der Waals surface area contributed by atoms with Gasteiger partial charge in [0.15, 0.2) is 0 Å². The van der Waals surface area contributed by atoms with E-state index in [1.807, 2.05) is 24.3 Å². The van der Waals surface area contributed by atoms with Crippen LogP contribution in [0.25, 0.3) is 11.5 Å². The average molecular weight is 330 g/mol. The molecule has 6 heteroatoms. The highest BCUT2D eigenvalue weighted by molar-refractivity contribution is 5.54. The maximum absolute atomic E-state index is 5.98. The number of hydrogen-bond acceptors (Lipinski definition) is 6. The molecule has 1 saturated heterocycles. The van der Waals surface area contributed by atoms with Crippen LogP contribution in [0.15, 0.2) is 28.8 Å². The van der Waals surface area contributed by atoms with E-state index in [0.29, 0.717) is 11.7 Å². The third kappa shape index (κ3) is 2.91. The average Bonchev–Trinajstić information content (AvgIpc) is 3.06. The molecule has 2 fully saturated rings. The summed E-state index contributed by atoms with van der Waals surface area (Å²) in [5.74, 6) is 2.03. The molecule has 1 aromatic heterocycles. The third-order valence-electron chi connectivity index (χ3n) is 4.96. The van der Waals surface area contributed by atoms with Crippen LogP contribution in [0.4, 0.5) is 0 Å². The van der Waals surface area contributed by atoms with Crippen molar-refractivity contribution in [3.63, 3.8) is 0 Å². The topological polar surface area (TPSA) is 66.6 Å². The lowest BCUT2D eigenvalue weighted by Crippen LogP contribution is -2.37. The van der Waals surface area contributed by atoms with Crippen LogP contribution in [0, 0.1) is 0 Å². The van der Waals surface area contributed by atoms with Crippen LogP contribution in [0.1, 0.15) is 37.9 Å². The van der Waals surface area contributed by atoms with Crippen LogP contribution >= 0.6 is 0 Å². The summed E-state index contributed by atoms with van der Waals surface area (Å²) in [6.07, 6.45) is 5.14. The Morgan fingerprint density at radius 1 is 1.12 bits per heavy atom. The second kappa shape index (κ2) is 6.53. The Hall–Kier alpha value is -1.92. The second-order valence-corrected chi connectivity index (χ2v) is 6.43. The van der Waals surface area contributed by atoms with Crippen molar-refractivity contribution in [2.45, 2.75) is 43.8 Å². The largest absolute Gasteiger partial charge is 0.490 e. The molecule has 0 radical (unpaired) electrons. The lowest BCUT2D eigenvalue weighted by molar-refractivity contribution is -0.0858. The molecule has 0 unspecified atom stereocenters. The van der Waals surface area contributed by atoms with Gasteiger partial charge < -0.3 is 18.7 Å². The van der Waals surface area contributed by atoms with Crippen molar-refractivity contribution in [3.05, 3.63) is 30.1 Å². The maximum Gasteiger partial charge on any atom is 0.258 e. The first-order valence-corrected chi connectivity index (χ1v) is 8.53. The zero-order valence-corrected chi connectivity index (χ0v) is 13.9. The molecule has 128 valence electrons. The van der Waals surface area contributed by atoms with Gasteiger partial charge in [-0.25, -0.2) is 0 Å². The molecule has 6 nitrogen and oxygen atoms in total. The van der Waals surface area contributed by atoms with Crippen molar-refractivity contribution in [1.82, 2.24) is 10.1 Å². The number of rotatable bonds is 5. The maximum atomic E-state index is 5.98. The Morgan fingerprint density at radius 3 is 2.50 bits per heavy atom. The van der Waals surface area contributed by atoms with Gasteiger partial charge in [0, 0.05) is 25.5 Å². The highest BCUT2D eigenvalue weighted by Crippen LogP contribution is 2.43. The molecule has 1 aromatic carbocycles. The molecule has 1 aliphatic carbocycles. The van der Waals surface area contributed by atoms with Crippen LogP contribution < -0.4 is 4.74 Å². The van der Waals surface area contributed by atoms with E-state index in [9.17, 15) is 0 Å². The van der Waals surface area contributed by atoms with Gasteiger partial charge in [-0.15, -0.1) is 0 Å². The van der Waals surface area contributed by atoms with E-state index >= 15 is 0 Å². The van der Waals surface area contributed by atoms with Crippen LogP contribution in [0.5, 0.6) is 5.75 Å². The molecule has 4 rings (SSSR count). The zero-order valence-electron chi connectivity index (χ0n) is 13.9. The first-order valence-electron chi connectivity index (χ1n) is 8.53. The summed E-state index contributed by atoms with van der Waals surface area (Å²) in [4.78, 5) is 4.53. The smallest absolute Gasteiger partial charge is 0.258 e. The summed E-state index contributed by atoms with van der Waals surface area (Å²) in [5, 5.41) is 4.12. The molecular formula is C18H22N2O4. The number of aromatic nitrogens is 2. The van der Waals surface area contributed by atoms with Crippen molar-refractivity contribution in [2.75, 3.05) is 20.3 Å². The van der Waals surface area contributed by atoms with E-state index in [2.05, 4.69) is 10.1 Å². The monoisotopic (exact) mass is 330 g/mol. The van der Waals surface area contributed by atoms with Gasteiger partial charge in [-0.05, 0) is 43.5 Å². The standard InChI is InChI=1S/C18H22N2O4/c1-21-18(9-2-10-18)17-19-16(24-20-17)13-3-5-14(6-4-13)23-15-7-11-22-12-8-15/h3-6,15H,2,7-12H2,1H3. The van der Waals surface area contributed by atoms with Gasteiger partial charge in [-0.2, -0.15) is 4.98 Å². The number of hydrogen-bond donors (Lipinski definition) is 0. The van der Waals surface area contributed by atoms with Gasteiger partial charge in [0.2, 0.25) is 5.82 Å². The summed E-state index contributed by atoms with van der Waals surface area (Å²) in [7, 11) is 1.71. The molecule has 0 atom stereocenters. The van der Waals surface area contributed by atoms with Gasteiger partial charge in [0.05, 0.1) is 13.2 Å². The highest BCUT2D eigenvalue weighted by atomic mass is 16.5. The van der Waals surface area contributed by atoms with E-state index in [1.165, 1.54) is 0 Å². The fourth-order valence-corrected chi connectivity index (χ4v) is 3.21. The SMILES string of the molecule is COC1(c2noc(-c3ccc(OC4CCOCC4)cc3)n2)CCC1. The normalized spacial score (nSPS) is 20.5. The Bertz CT molecular complexity index is 667. The molecule has 1 saturated carbocycles. The molecule has 2 heterocycles. The molecule has 2 aromatic rings. The fourth-order valence-electron chi connectivity index (χ4n) is 3.21. The minimum absolute atomic E-state index is 0.236. The van der Waals surface area contributed by atoms with E-state index in [4.69, 9.17) is 18.7 Å².